The van der Waals surface area contributed by atoms with Gasteiger partial charge in [-0.3, -0.25) is 19.4 Å². The normalized spacial score (nSPS) is 14.7. The van der Waals surface area contributed by atoms with Crippen molar-refractivity contribution in [3.05, 3.63) is 82.6 Å². The van der Waals surface area contributed by atoms with Gasteiger partial charge in [-0.15, -0.1) is 0 Å². The molecule has 1 aliphatic rings. The summed E-state index contributed by atoms with van der Waals surface area (Å²) in [6, 6.07) is 20.3. The Kier molecular flexibility index (Phi) is 5.43. The first-order valence-electron chi connectivity index (χ1n) is 10.7. The number of anilines is 4. The molecule has 4 N–H and O–H groups in total. The third-order valence-corrected chi connectivity index (χ3v) is 5.68. The lowest BCUT2D eigenvalue weighted by molar-refractivity contribution is -0.123. The Hall–Kier alpha value is -4.66. The molecule has 9 heteroatoms. The smallest absolute Gasteiger partial charge is 0.258 e. The first-order valence-corrected chi connectivity index (χ1v) is 10.7. The minimum absolute atomic E-state index is 0.0514. The first kappa shape index (κ1) is 21.2. The van der Waals surface area contributed by atoms with E-state index in [2.05, 4.69) is 25.9 Å². The maximum atomic E-state index is 13.2. The van der Waals surface area contributed by atoms with Gasteiger partial charge in [0.05, 0.1) is 24.3 Å². The summed E-state index contributed by atoms with van der Waals surface area (Å²) in [5.41, 5.74) is 0.790. The van der Waals surface area contributed by atoms with Crippen LogP contribution in [0.4, 0.5) is 23.1 Å². The van der Waals surface area contributed by atoms with Crippen molar-refractivity contribution in [1.82, 2.24) is 9.97 Å². The molecule has 5 rings (SSSR count). The summed E-state index contributed by atoms with van der Waals surface area (Å²) in [6.45, 7) is 0. The van der Waals surface area contributed by atoms with Crippen molar-refractivity contribution in [2.45, 2.75) is 12.3 Å². The van der Waals surface area contributed by atoms with E-state index in [4.69, 9.17) is 4.74 Å². The summed E-state index contributed by atoms with van der Waals surface area (Å²) in [4.78, 5) is 45.7. The molecule has 0 aliphatic carbocycles. The number of para-hydroxylation sites is 2. The Balaban J connectivity index is 1.47. The molecular formula is C25H21N5O4. The van der Waals surface area contributed by atoms with Gasteiger partial charge in [-0.1, -0.05) is 48.5 Å². The van der Waals surface area contributed by atoms with Gasteiger partial charge < -0.3 is 20.7 Å². The molecule has 0 saturated carbocycles. The highest BCUT2D eigenvalue weighted by molar-refractivity contribution is 6.08. The Morgan fingerprint density at radius 3 is 2.59 bits per heavy atom. The van der Waals surface area contributed by atoms with Crippen LogP contribution in [0.2, 0.25) is 0 Å². The second-order valence-corrected chi connectivity index (χ2v) is 7.82. The van der Waals surface area contributed by atoms with Crippen molar-refractivity contribution >= 4 is 45.7 Å². The number of hydrogen-bond donors (Lipinski definition) is 4. The fourth-order valence-corrected chi connectivity index (χ4v) is 4.08. The molecule has 34 heavy (non-hydrogen) atoms. The van der Waals surface area contributed by atoms with Crippen LogP contribution >= 0.6 is 0 Å². The van der Waals surface area contributed by atoms with Gasteiger partial charge in [-0.25, -0.2) is 0 Å². The van der Waals surface area contributed by atoms with E-state index in [1.165, 1.54) is 7.11 Å². The van der Waals surface area contributed by atoms with E-state index in [1.54, 1.807) is 24.3 Å². The van der Waals surface area contributed by atoms with E-state index >= 15 is 0 Å². The van der Waals surface area contributed by atoms with Crippen LogP contribution in [0.25, 0.3) is 10.8 Å². The molecule has 1 aliphatic heterocycles. The van der Waals surface area contributed by atoms with Crippen LogP contribution in [0.3, 0.4) is 0 Å². The molecule has 0 bridgehead atoms. The van der Waals surface area contributed by atoms with E-state index in [9.17, 15) is 14.4 Å². The number of hydrogen-bond acceptors (Lipinski definition) is 6. The molecule has 170 valence electrons. The average molecular weight is 455 g/mol. The van der Waals surface area contributed by atoms with Gasteiger partial charge in [0.1, 0.15) is 11.6 Å². The van der Waals surface area contributed by atoms with Crippen molar-refractivity contribution in [3.63, 3.8) is 0 Å². The molecule has 0 saturated heterocycles. The van der Waals surface area contributed by atoms with E-state index in [0.29, 0.717) is 17.1 Å². The number of rotatable bonds is 5. The molecule has 4 aromatic rings. The number of fused-ring (bicyclic) bond motifs is 2. The Bertz CT molecular complexity index is 1470. The summed E-state index contributed by atoms with van der Waals surface area (Å²) in [5.74, 6) is -1.12. The van der Waals surface area contributed by atoms with Crippen molar-refractivity contribution in [1.29, 1.82) is 0 Å². The van der Waals surface area contributed by atoms with Crippen LogP contribution < -0.4 is 26.2 Å². The fraction of sp³-hybridized carbons (Fsp3) is 0.120. The van der Waals surface area contributed by atoms with Crippen LogP contribution in [0, 0.1) is 0 Å². The van der Waals surface area contributed by atoms with Crippen LogP contribution in [0.5, 0.6) is 5.75 Å². The van der Waals surface area contributed by atoms with Crippen LogP contribution in [0.1, 0.15) is 17.9 Å². The molecule has 0 fully saturated rings. The lowest BCUT2D eigenvalue weighted by Crippen LogP contribution is -2.36. The van der Waals surface area contributed by atoms with Gasteiger partial charge in [0.25, 0.3) is 5.56 Å². The predicted molar refractivity (Wildman–Crippen MR) is 130 cm³/mol. The molecule has 0 spiro atoms. The van der Waals surface area contributed by atoms with Crippen LogP contribution in [-0.2, 0) is 9.59 Å². The van der Waals surface area contributed by atoms with Crippen molar-refractivity contribution < 1.29 is 14.3 Å². The molecule has 2 heterocycles. The number of carbonyl (C=O) groups excluding carboxylic acids is 2. The van der Waals surface area contributed by atoms with E-state index in [0.717, 1.165) is 10.8 Å². The monoisotopic (exact) mass is 455 g/mol. The minimum Gasteiger partial charge on any atom is -0.495 e. The van der Waals surface area contributed by atoms with E-state index in [1.807, 2.05) is 42.5 Å². The molecular weight excluding hydrogens is 434 g/mol. The van der Waals surface area contributed by atoms with Gasteiger partial charge in [-0.2, -0.15) is 4.98 Å². The van der Waals surface area contributed by atoms with Crippen molar-refractivity contribution in [2.24, 2.45) is 0 Å². The van der Waals surface area contributed by atoms with Gasteiger partial charge in [0.15, 0.2) is 0 Å². The number of nitrogens with one attached hydrogen (secondary N) is 4. The van der Waals surface area contributed by atoms with Crippen molar-refractivity contribution in [2.75, 3.05) is 23.1 Å². The first-order chi connectivity index (χ1) is 16.5. The highest BCUT2D eigenvalue weighted by Crippen LogP contribution is 2.32. The van der Waals surface area contributed by atoms with E-state index < -0.39 is 23.3 Å². The SMILES string of the molecule is COc1ccccc1Nc1nc2c(c(=O)[nH]1)C(C(=O)Nc1cccc3ccccc13)CC(=O)N2. The summed E-state index contributed by atoms with van der Waals surface area (Å²) in [5, 5.41) is 10.3. The van der Waals surface area contributed by atoms with Gasteiger partial charge >= 0.3 is 0 Å². The maximum absolute atomic E-state index is 13.2. The number of benzene rings is 3. The van der Waals surface area contributed by atoms with Crippen LogP contribution in [-0.4, -0.2) is 28.9 Å². The fourth-order valence-electron chi connectivity index (χ4n) is 4.08. The molecule has 2 amide bonds. The van der Waals surface area contributed by atoms with E-state index in [-0.39, 0.29) is 23.8 Å². The number of nitrogens with zero attached hydrogens (tertiary/aromatic N) is 1. The van der Waals surface area contributed by atoms with Crippen molar-refractivity contribution in [3.8, 4) is 5.75 Å². The summed E-state index contributed by atoms with van der Waals surface area (Å²) < 4.78 is 5.31. The molecule has 1 aromatic heterocycles. The Morgan fingerprint density at radius 1 is 1.00 bits per heavy atom. The number of H-pyrrole nitrogens is 1. The average Bonchev–Trinajstić information content (AvgIpc) is 2.84. The zero-order chi connectivity index (χ0) is 23.7. The minimum atomic E-state index is -0.987. The molecule has 9 nitrogen and oxygen atoms in total. The third kappa shape index (κ3) is 3.95. The highest BCUT2D eigenvalue weighted by atomic mass is 16.5. The van der Waals surface area contributed by atoms with Gasteiger partial charge in [0.2, 0.25) is 17.8 Å². The predicted octanol–water partition coefficient (Wildman–Crippen LogP) is 3.74. The summed E-state index contributed by atoms with van der Waals surface area (Å²) in [6.07, 6.45) is -0.159. The number of methoxy groups -OCH3 is 1. The number of aromatic amines is 1. The Labute approximate surface area is 194 Å². The zero-order valence-corrected chi connectivity index (χ0v) is 18.2. The quantitative estimate of drug-likeness (QED) is 0.363. The molecule has 1 atom stereocenters. The Morgan fingerprint density at radius 2 is 1.74 bits per heavy atom. The topological polar surface area (TPSA) is 125 Å². The second-order valence-electron chi connectivity index (χ2n) is 7.82. The second kappa shape index (κ2) is 8.70. The van der Waals surface area contributed by atoms with Gasteiger partial charge in [-0.05, 0) is 23.6 Å². The van der Waals surface area contributed by atoms with Gasteiger partial charge in [0, 0.05) is 17.5 Å². The number of aromatic nitrogens is 2. The number of amides is 2. The molecule has 1 unspecified atom stereocenters. The molecule has 3 aromatic carbocycles. The summed E-state index contributed by atoms with van der Waals surface area (Å²) >= 11 is 0. The third-order valence-electron chi connectivity index (χ3n) is 5.68. The standard InChI is InChI=1S/C25H21N5O4/c1-34-19-12-5-4-10-18(19)27-25-29-22-21(24(33)30-25)16(13-20(31)28-22)23(32)26-17-11-6-8-14-7-2-3-9-15(14)17/h2-12,16H,13H2,1H3,(H,26,32)(H3,27,28,29,30,31,33). The van der Waals surface area contributed by atoms with Crippen LogP contribution in [0.15, 0.2) is 71.5 Å². The lowest BCUT2D eigenvalue weighted by Gasteiger charge is -2.24. The zero-order valence-electron chi connectivity index (χ0n) is 18.2. The number of carbonyl (C=O) groups is 2. The molecule has 0 radical (unpaired) electrons. The highest BCUT2D eigenvalue weighted by Gasteiger charge is 2.35. The summed E-state index contributed by atoms with van der Waals surface area (Å²) in [7, 11) is 1.53. The maximum Gasteiger partial charge on any atom is 0.258 e. The largest absolute Gasteiger partial charge is 0.495 e. The lowest BCUT2D eigenvalue weighted by atomic mass is 9.92. The number of ether oxygens (including phenoxy) is 1.